The lowest BCUT2D eigenvalue weighted by atomic mass is 10.00. The molecule has 0 fully saturated rings. The van der Waals surface area contributed by atoms with Crippen molar-refractivity contribution in [1.82, 2.24) is 5.32 Å². The Balaban J connectivity index is 2.20. The van der Waals surface area contributed by atoms with Gasteiger partial charge in [0.25, 0.3) is 0 Å². The van der Waals surface area contributed by atoms with E-state index in [4.69, 9.17) is 0 Å². The van der Waals surface area contributed by atoms with Gasteiger partial charge >= 0.3 is 0 Å². The second-order valence-electron chi connectivity index (χ2n) is 3.97. The van der Waals surface area contributed by atoms with Crippen LogP contribution in [0.15, 0.2) is 41.1 Å². The molecule has 1 aromatic carbocycles. The first-order chi connectivity index (χ1) is 8.31. The van der Waals surface area contributed by atoms with Gasteiger partial charge in [0.2, 0.25) is 0 Å². The molecule has 2 aromatic rings. The lowest BCUT2D eigenvalue weighted by Crippen LogP contribution is -2.23. The van der Waals surface area contributed by atoms with Crippen molar-refractivity contribution in [3.8, 4) is 0 Å². The minimum Gasteiger partial charge on any atom is -0.310 e. The van der Waals surface area contributed by atoms with Gasteiger partial charge in [-0.05, 0) is 41.4 Å². The Bertz CT molecular complexity index is 453. The van der Waals surface area contributed by atoms with Crippen LogP contribution in [-0.2, 0) is 6.42 Å². The number of rotatable bonds is 5. The van der Waals surface area contributed by atoms with E-state index in [1.807, 2.05) is 19.1 Å². The molecule has 0 aliphatic carbocycles. The molecule has 17 heavy (non-hydrogen) atoms. The number of hydrogen-bond donors (Lipinski definition) is 1. The maximum absolute atomic E-state index is 13.8. The van der Waals surface area contributed by atoms with Gasteiger partial charge in [-0.3, -0.25) is 0 Å². The number of likely N-dealkylation sites (N-methyl/N-ethyl adjacent to an activating group) is 1. The molecule has 1 N–H and O–H groups in total. The van der Waals surface area contributed by atoms with Gasteiger partial charge in [-0.1, -0.05) is 25.1 Å². The van der Waals surface area contributed by atoms with Crippen LogP contribution in [0.1, 0.15) is 24.1 Å². The van der Waals surface area contributed by atoms with Crippen LogP contribution >= 0.6 is 11.3 Å². The summed E-state index contributed by atoms with van der Waals surface area (Å²) in [5, 5.41) is 7.51. The van der Waals surface area contributed by atoms with Gasteiger partial charge in [0.15, 0.2) is 0 Å². The number of halogens is 1. The lowest BCUT2D eigenvalue weighted by molar-refractivity contribution is 0.510. The van der Waals surface area contributed by atoms with Crippen LogP contribution in [0.3, 0.4) is 0 Å². The summed E-state index contributed by atoms with van der Waals surface area (Å²) < 4.78 is 13.8. The average molecular weight is 249 g/mol. The second kappa shape index (κ2) is 5.94. The van der Waals surface area contributed by atoms with Crippen LogP contribution in [0.25, 0.3) is 0 Å². The van der Waals surface area contributed by atoms with E-state index >= 15 is 0 Å². The van der Waals surface area contributed by atoms with E-state index in [-0.39, 0.29) is 11.9 Å². The Morgan fingerprint density at radius 2 is 2.12 bits per heavy atom. The van der Waals surface area contributed by atoms with E-state index in [0.29, 0.717) is 0 Å². The third-order valence-corrected chi connectivity index (χ3v) is 3.48. The van der Waals surface area contributed by atoms with Crippen LogP contribution in [0.5, 0.6) is 0 Å². The topological polar surface area (TPSA) is 12.0 Å². The van der Waals surface area contributed by atoms with Crippen molar-refractivity contribution in [2.24, 2.45) is 0 Å². The molecule has 90 valence electrons. The molecular formula is C14H16FNS. The molecule has 1 unspecified atom stereocenters. The molecule has 1 nitrogen and oxygen atoms in total. The fourth-order valence-corrected chi connectivity index (χ4v) is 2.62. The standard InChI is InChI=1S/C14H16FNS/c1-2-16-14(9-11-7-8-17-10-11)12-5-3-4-6-13(12)15/h3-8,10,14,16H,2,9H2,1H3. The zero-order chi connectivity index (χ0) is 12.1. The zero-order valence-electron chi connectivity index (χ0n) is 9.82. The molecule has 3 heteroatoms. The largest absolute Gasteiger partial charge is 0.310 e. The molecule has 1 heterocycles. The highest BCUT2D eigenvalue weighted by Gasteiger charge is 2.14. The monoisotopic (exact) mass is 249 g/mol. The van der Waals surface area contributed by atoms with E-state index in [0.717, 1.165) is 18.5 Å². The summed E-state index contributed by atoms with van der Waals surface area (Å²) in [7, 11) is 0. The fourth-order valence-electron chi connectivity index (χ4n) is 1.94. The third-order valence-electron chi connectivity index (χ3n) is 2.75. The molecule has 0 amide bonds. The van der Waals surface area contributed by atoms with Crippen molar-refractivity contribution in [3.63, 3.8) is 0 Å². The first kappa shape index (κ1) is 12.3. The average Bonchev–Trinajstić information content (AvgIpc) is 2.82. The van der Waals surface area contributed by atoms with Crippen molar-refractivity contribution in [1.29, 1.82) is 0 Å². The van der Waals surface area contributed by atoms with Gasteiger partial charge in [-0.2, -0.15) is 11.3 Å². The van der Waals surface area contributed by atoms with Gasteiger partial charge in [-0.15, -0.1) is 0 Å². The molecule has 0 spiro atoms. The normalized spacial score (nSPS) is 12.6. The summed E-state index contributed by atoms with van der Waals surface area (Å²) in [6, 6.07) is 9.14. The minimum atomic E-state index is -0.131. The molecule has 0 saturated carbocycles. The minimum absolute atomic E-state index is 0.0517. The first-order valence-electron chi connectivity index (χ1n) is 5.80. The maximum atomic E-state index is 13.8. The van der Waals surface area contributed by atoms with E-state index in [2.05, 4.69) is 22.1 Å². The number of benzene rings is 1. The van der Waals surface area contributed by atoms with Crippen molar-refractivity contribution in [2.45, 2.75) is 19.4 Å². The quantitative estimate of drug-likeness (QED) is 0.850. The highest BCUT2D eigenvalue weighted by Crippen LogP contribution is 2.22. The second-order valence-corrected chi connectivity index (χ2v) is 4.75. The summed E-state index contributed by atoms with van der Waals surface area (Å²) >= 11 is 1.68. The van der Waals surface area contributed by atoms with Crippen molar-refractivity contribution >= 4 is 11.3 Å². The lowest BCUT2D eigenvalue weighted by Gasteiger charge is -2.18. The van der Waals surface area contributed by atoms with Gasteiger partial charge in [0, 0.05) is 11.6 Å². The van der Waals surface area contributed by atoms with Crippen molar-refractivity contribution in [3.05, 3.63) is 58.0 Å². The van der Waals surface area contributed by atoms with Gasteiger partial charge in [0.1, 0.15) is 5.82 Å². The molecule has 0 bridgehead atoms. The molecule has 2 rings (SSSR count). The summed E-state index contributed by atoms with van der Waals surface area (Å²) in [5.41, 5.74) is 2.00. The molecule has 1 atom stereocenters. The molecule has 0 radical (unpaired) electrons. The first-order valence-corrected chi connectivity index (χ1v) is 6.74. The summed E-state index contributed by atoms with van der Waals surface area (Å²) in [6.07, 6.45) is 0.832. The van der Waals surface area contributed by atoms with Gasteiger partial charge in [0.05, 0.1) is 0 Å². The van der Waals surface area contributed by atoms with Crippen LogP contribution in [0.4, 0.5) is 4.39 Å². The third kappa shape index (κ3) is 3.14. The molecule has 0 saturated heterocycles. The van der Waals surface area contributed by atoms with Gasteiger partial charge < -0.3 is 5.32 Å². The highest BCUT2D eigenvalue weighted by atomic mass is 32.1. The SMILES string of the molecule is CCNC(Cc1ccsc1)c1ccccc1F. The van der Waals surface area contributed by atoms with Crippen LogP contribution < -0.4 is 5.32 Å². The summed E-state index contributed by atoms with van der Waals surface area (Å²) in [4.78, 5) is 0. The Morgan fingerprint density at radius 1 is 1.29 bits per heavy atom. The number of thiophene rings is 1. The molecule has 1 aromatic heterocycles. The van der Waals surface area contributed by atoms with Crippen molar-refractivity contribution < 1.29 is 4.39 Å². The van der Waals surface area contributed by atoms with E-state index in [1.165, 1.54) is 11.6 Å². The Hall–Kier alpha value is -1.19. The predicted molar refractivity (Wildman–Crippen MR) is 70.8 cm³/mol. The fraction of sp³-hybridized carbons (Fsp3) is 0.286. The molecule has 0 aliphatic rings. The van der Waals surface area contributed by atoms with Crippen LogP contribution in [-0.4, -0.2) is 6.54 Å². The smallest absolute Gasteiger partial charge is 0.127 e. The maximum Gasteiger partial charge on any atom is 0.127 e. The van der Waals surface area contributed by atoms with E-state index < -0.39 is 0 Å². The summed E-state index contributed by atoms with van der Waals surface area (Å²) in [5.74, 6) is -0.131. The summed E-state index contributed by atoms with van der Waals surface area (Å²) in [6.45, 7) is 2.88. The Labute approximate surface area is 105 Å². The molecule has 0 aliphatic heterocycles. The van der Waals surface area contributed by atoms with E-state index in [1.54, 1.807) is 17.4 Å². The van der Waals surface area contributed by atoms with Crippen LogP contribution in [0.2, 0.25) is 0 Å². The predicted octanol–water partition coefficient (Wildman–Crippen LogP) is 3.78. The van der Waals surface area contributed by atoms with Gasteiger partial charge in [-0.25, -0.2) is 4.39 Å². The van der Waals surface area contributed by atoms with Crippen molar-refractivity contribution in [2.75, 3.05) is 6.54 Å². The Kier molecular flexibility index (Phi) is 4.29. The van der Waals surface area contributed by atoms with Crippen LogP contribution in [0, 0.1) is 5.82 Å². The highest BCUT2D eigenvalue weighted by molar-refractivity contribution is 7.07. The van der Waals surface area contributed by atoms with E-state index in [9.17, 15) is 4.39 Å². The number of hydrogen-bond acceptors (Lipinski definition) is 2. The zero-order valence-corrected chi connectivity index (χ0v) is 10.6. The number of nitrogens with one attached hydrogen (secondary N) is 1. The molecular weight excluding hydrogens is 233 g/mol. The Morgan fingerprint density at radius 3 is 2.76 bits per heavy atom.